The maximum Gasteiger partial charge on any atom is 0.131 e. The predicted octanol–water partition coefficient (Wildman–Crippen LogP) is 3.13. The summed E-state index contributed by atoms with van der Waals surface area (Å²) in [5.74, 6) is 2.06. The Balaban J connectivity index is 1.85. The molecule has 2 N–H and O–H groups in total. The SMILES string of the molecule is Cc1cc(N)cnc1N1CCCC1C1CCCC1. The average Bonchev–Trinajstić information content (AvgIpc) is 2.98. The largest absolute Gasteiger partial charge is 0.397 e. The van der Waals surface area contributed by atoms with Crippen LogP contribution in [0.5, 0.6) is 0 Å². The van der Waals surface area contributed by atoms with Crippen molar-refractivity contribution in [3.05, 3.63) is 17.8 Å². The van der Waals surface area contributed by atoms with Crippen LogP contribution in [0.2, 0.25) is 0 Å². The van der Waals surface area contributed by atoms with Gasteiger partial charge in [-0.05, 0) is 50.2 Å². The van der Waals surface area contributed by atoms with Crippen LogP contribution in [0.25, 0.3) is 0 Å². The molecule has 1 aromatic heterocycles. The molecule has 0 amide bonds. The van der Waals surface area contributed by atoms with Crippen molar-refractivity contribution in [2.45, 2.75) is 51.5 Å². The molecular formula is C15H23N3. The van der Waals surface area contributed by atoms with Crippen LogP contribution in [-0.4, -0.2) is 17.6 Å². The molecule has 3 heteroatoms. The van der Waals surface area contributed by atoms with Crippen LogP contribution in [0.4, 0.5) is 11.5 Å². The van der Waals surface area contributed by atoms with E-state index in [4.69, 9.17) is 5.73 Å². The number of aromatic nitrogens is 1. The van der Waals surface area contributed by atoms with Gasteiger partial charge in [-0.15, -0.1) is 0 Å². The highest BCUT2D eigenvalue weighted by molar-refractivity contribution is 5.54. The van der Waals surface area contributed by atoms with Crippen molar-refractivity contribution in [3.8, 4) is 0 Å². The van der Waals surface area contributed by atoms with Gasteiger partial charge in [-0.1, -0.05) is 12.8 Å². The summed E-state index contributed by atoms with van der Waals surface area (Å²) in [6.07, 6.45) is 10.1. The highest BCUT2D eigenvalue weighted by atomic mass is 15.2. The van der Waals surface area contributed by atoms with E-state index in [1.165, 1.54) is 56.5 Å². The fourth-order valence-corrected chi connectivity index (χ4v) is 3.78. The molecule has 1 atom stereocenters. The molecule has 1 unspecified atom stereocenters. The molecule has 0 bridgehead atoms. The topological polar surface area (TPSA) is 42.1 Å². The maximum absolute atomic E-state index is 5.80. The first-order valence-electron chi connectivity index (χ1n) is 7.24. The minimum absolute atomic E-state index is 0.724. The van der Waals surface area contributed by atoms with E-state index in [1.807, 2.05) is 6.07 Å². The zero-order valence-electron chi connectivity index (χ0n) is 11.2. The Morgan fingerprint density at radius 1 is 1.22 bits per heavy atom. The van der Waals surface area contributed by atoms with Gasteiger partial charge >= 0.3 is 0 Å². The van der Waals surface area contributed by atoms with Gasteiger partial charge in [-0.25, -0.2) is 4.98 Å². The molecule has 3 rings (SSSR count). The normalized spacial score (nSPS) is 24.9. The van der Waals surface area contributed by atoms with Crippen LogP contribution in [-0.2, 0) is 0 Å². The number of nitrogens with two attached hydrogens (primary N) is 1. The van der Waals surface area contributed by atoms with E-state index in [9.17, 15) is 0 Å². The number of pyridine rings is 1. The molecule has 2 fully saturated rings. The lowest BCUT2D eigenvalue weighted by Gasteiger charge is -2.31. The lowest BCUT2D eigenvalue weighted by atomic mass is 9.96. The quantitative estimate of drug-likeness (QED) is 0.870. The number of aryl methyl sites for hydroxylation is 1. The lowest BCUT2D eigenvalue weighted by molar-refractivity contribution is 0.429. The van der Waals surface area contributed by atoms with Gasteiger partial charge in [0.1, 0.15) is 5.82 Å². The number of hydrogen-bond donors (Lipinski definition) is 1. The third-order valence-corrected chi connectivity index (χ3v) is 4.59. The number of anilines is 2. The van der Waals surface area contributed by atoms with E-state index in [2.05, 4.69) is 16.8 Å². The Kier molecular flexibility index (Phi) is 3.14. The van der Waals surface area contributed by atoms with Gasteiger partial charge in [-0.2, -0.15) is 0 Å². The van der Waals surface area contributed by atoms with Gasteiger partial charge in [0.25, 0.3) is 0 Å². The Bertz CT molecular complexity index is 424. The van der Waals surface area contributed by atoms with Gasteiger partial charge in [0.2, 0.25) is 0 Å². The monoisotopic (exact) mass is 245 g/mol. The van der Waals surface area contributed by atoms with Gasteiger partial charge < -0.3 is 10.6 Å². The molecular weight excluding hydrogens is 222 g/mol. The van der Waals surface area contributed by atoms with E-state index in [0.717, 1.165) is 17.6 Å². The summed E-state index contributed by atoms with van der Waals surface area (Å²) >= 11 is 0. The zero-order valence-corrected chi connectivity index (χ0v) is 11.2. The van der Waals surface area contributed by atoms with Crippen LogP contribution in [0.1, 0.15) is 44.1 Å². The molecule has 1 aromatic rings. The molecule has 1 aliphatic carbocycles. The van der Waals surface area contributed by atoms with Crippen molar-refractivity contribution in [1.82, 2.24) is 4.98 Å². The fourth-order valence-electron chi connectivity index (χ4n) is 3.78. The van der Waals surface area contributed by atoms with Crippen LogP contribution in [0.3, 0.4) is 0 Å². The van der Waals surface area contributed by atoms with E-state index >= 15 is 0 Å². The molecule has 18 heavy (non-hydrogen) atoms. The third kappa shape index (κ3) is 2.06. The van der Waals surface area contributed by atoms with Crippen molar-refractivity contribution < 1.29 is 0 Å². The Hall–Kier alpha value is -1.25. The lowest BCUT2D eigenvalue weighted by Crippen LogP contribution is -2.35. The molecule has 1 saturated heterocycles. The molecule has 98 valence electrons. The molecule has 0 aromatic carbocycles. The maximum atomic E-state index is 5.80. The second-order valence-corrected chi connectivity index (χ2v) is 5.86. The summed E-state index contributed by atoms with van der Waals surface area (Å²) in [7, 11) is 0. The van der Waals surface area contributed by atoms with E-state index < -0.39 is 0 Å². The van der Waals surface area contributed by atoms with E-state index in [0.29, 0.717) is 0 Å². The van der Waals surface area contributed by atoms with Crippen LogP contribution in [0, 0.1) is 12.8 Å². The van der Waals surface area contributed by atoms with Crippen molar-refractivity contribution >= 4 is 11.5 Å². The summed E-state index contributed by atoms with van der Waals surface area (Å²) in [4.78, 5) is 7.13. The van der Waals surface area contributed by atoms with Crippen molar-refractivity contribution in [2.24, 2.45) is 5.92 Å². The smallest absolute Gasteiger partial charge is 0.131 e. The molecule has 1 aliphatic heterocycles. The highest BCUT2D eigenvalue weighted by Crippen LogP contribution is 2.38. The van der Waals surface area contributed by atoms with Crippen molar-refractivity contribution in [2.75, 3.05) is 17.2 Å². The van der Waals surface area contributed by atoms with Gasteiger partial charge in [-0.3, -0.25) is 0 Å². The number of nitrogens with zero attached hydrogens (tertiary/aromatic N) is 2. The van der Waals surface area contributed by atoms with E-state index in [-0.39, 0.29) is 0 Å². The van der Waals surface area contributed by atoms with Crippen molar-refractivity contribution in [1.29, 1.82) is 0 Å². The summed E-state index contributed by atoms with van der Waals surface area (Å²) in [5, 5.41) is 0. The summed E-state index contributed by atoms with van der Waals surface area (Å²) in [5.41, 5.74) is 7.80. The number of nitrogen functional groups attached to an aromatic ring is 1. The molecule has 2 aliphatic rings. The summed E-state index contributed by atoms with van der Waals surface area (Å²) < 4.78 is 0. The Morgan fingerprint density at radius 2 is 2.00 bits per heavy atom. The molecule has 3 nitrogen and oxygen atoms in total. The first-order chi connectivity index (χ1) is 8.75. The minimum atomic E-state index is 0.724. The summed E-state index contributed by atoms with van der Waals surface area (Å²) in [6.45, 7) is 3.29. The predicted molar refractivity (Wildman–Crippen MR) is 75.7 cm³/mol. The van der Waals surface area contributed by atoms with Crippen LogP contribution < -0.4 is 10.6 Å². The molecule has 1 saturated carbocycles. The average molecular weight is 245 g/mol. The molecule has 0 radical (unpaired) electrons. The fraction of sp³-hybridized carbons (Fsp3) is 0.667. The first-order valence-corrected chi connectivity index (χ1v) is 7.24. The Morgan fingerprint density at radius 3 is 2.72 bits per heavy atom. The summed E-state index contributed by atoms with van der Waals surface area (Å²) in [6, 6.07) is 2.77. The number of hydrogen-bond acceptors (Lipinski definition) is 3. The molecule has 0 spiro atoms. The highest BCUT2D eigenvalue weighted by Gasteiger charge is 2.34. The van der Waals surface area contributed by atoms with Gasteiger partial charge in [0.15, 0.2) is 0 Å². The van der Waals surface area contributed by atoms with Crippen molar-refractivity contribution in [3.63, 3.8) is 0 Å². The van der Waals surface area contributed by atoms with Crippen LogP contribution in [0.15, 0.2) is 12.3 Å². The second kappa shape index (κ2) is 4.79. The van der Waals surface area contributed by atoms with E-state index in [1.54, 1.807) is 6.20 Å². The first kappa shape index (κ1) is 11.8. The second-order valence-electron chi connectivity index (χ2n) is 5.86. The van der Waals surface area contributed by atoms with Crippen LogP contribution >= 0.6 is 0 Å². The van der Waals surface area contributed by atoms with Gasteiger partial charge in [0.05, 0.1) is 11.9 Å². The third-order valence-electron chi connectivity index (χ3n) is 4.59. The molecule has 2 heterocycles. The zero-order chi connectivity index (χ0) is 12.5. The van der Waals surface area contributed by atoms with Gasteiger partial charge in [0, 0.05) is 12.6 Å². The minimum Gasteiger partial charge on any atom is -0.397 e. The number of rotatable bonds is 2. The standard InChI is InChI=1S/C15H23N3/c1-11-9-13(16)10-17-15(11)18-8-4-7-14(18)12-5-2-3-6-12/h9-10,12,14H,2-8,16H2,1H3. The Labute approximate surface area is 109 Å².